The molecule has 1 aromatic carbocycles. The first-order valence-corrected chi connectivity index (χ1v) is 7.26. The maximum absolute atomic E-state index is 9.72. The topological polar surface area (TPSA) is 38.7 Å². The van der Waals surface area contributed by atoms with Gasteiger partial charge >= 0.3 is 7.12 Å². The molecule has 0 aromatic heterocycles. The first-order valence-electron chi connectivity index (χ1n) is 6.46. The van der Waals surface area contributed by atoms with E-state index >= 15 is 0 Å². The quantitative estimate of drug-likeness (QED) is 0.849. The molecule has 3 nitrogen and oxygen atoms in total. The lowest BCUT2D eigenvalue weighted by atomic mass is 9.78. The van der Waals surface area contributed by atoms with Crippen molar-refractivity contribution < 1.29 is 14.4 Å². The lowest BCUT2D eigenvalue weighted by molar-refractivity contribution is 0.00578. The summed E-state index contributed by atoms with van der Waals surface area (Å²) in [5.41, 5.74) is 1.05. The van der Waals surface area contributed by atoms with Gasteiger partial charge in [-0.15, -0.1) is 0 Å². The predicted octanol–water partition coefficient (Wildman–Crippen LogP) is 2.80. The van der Waals surface area contributed by atoms with Gasteiger partial charge < -0.3 is 14.4 Å². The molecule has 0 amide bonds. The SMILES string of the molecule is CC(O)c1cc(Br)cc(B2OC(C)(C)C(C)(C)O2)c1. The number of hydrogen-bond acceptors (Lipinski definition) is 3. The van der Waals surface area contributed by atoms with Crippen molar-refractivity contribution in [2.45, 2.75) is 51.9 Å². The third-order valence-corrected chi connectivity index (χ3v) is 4.41. The van der Waals surface area contributed by atoms with Crippen molar-refractivity contribution in [3.8, 4) is 0 Å². The molecule has 0 bridgehead atoms. The van der Waals surface area contributed by atoms with Gasteiger partial charge in [-0.25, -0.2) is 0 Å². The average molecular weight is 327 g/mol. The molecule has 1 aliphatic rings. The molecule has 1 fully saturated rings. The second-order valence-corrected chi connectivity index (χ2v) is 7.00. The van der Waals surface area contributed by atoms with Crippen LogP contribution in [0.25, 0.3) is 0 Å². The van der Waals surface area contributed by atoms with Crippen LogP contribution in [-0.2, 0) is 9.31 Å². The summed E-state index contributed by atoms with van der Waals surface area (Å²) in [4.78, 5) is 0. The highest BCUT2D eigenvalue weighted by molar-refractivity contribution is 9.10. The van der Waals surface area contributed by atoms with E-state index in [-0.39, 0.29) is 11.2 Å². The van der Waals surface area contributed by atoms with Crippen molar-refractivity contribution in [2.75, 3.05) is 0 Å². The van der Waals surface area contributed by atoms with Gasteiger partial charge in [-0.05, 0) is 57.8 Å². The normalized spacial score (nSPS) is 22.6. The zero-order valence-electron chi connectivity index (χ0n) is 12.0. The van der Waals surface area contributed by atoms with E-state index in [1.165, 1.54) is 0 Å². The average Bonchev–Trinajstić information content (AvgIpc) is 2.47. The Labute approximate surface area is 123 Å². The molecule has 1 N–H and O–H groups in total. The fourth-order valence-electron chi connectivity index (χ4n) is 1.99. The second kappa shape index (κ2) is 4.88. The Bertz CT molecular complexity index is 470. The Morgan fingerprint density at radius 2 is 1.63 bits per heavy atom. The number of benzene rings is 1. The van der Waals surface area contributed by atoms with Crippen LogP contribution in [0.2, 0.25) is 0 Å². The fraction of sp³-hybridized carbons (Fsp3) is 0.571. The molecule has 0 radical (unpaired) electrons. The van der Waals surface area contributed by atoms with Crippen LogP contribution in [0.1, 0.15) is 46.3 Å². The van der Waals surface area contributed by atoms with Crippen molar-refractivity contribution in [3.63, 3.8) is 0 Å². The van der Waals surface area contributed by atoms with Crippen LogP contribution in [0.5, 0.6) is 0 Å². The summed E-state index contributed by atoms with van der Waals surface area (Å²) in [7, 11) is -0.403. The highest BCUT2D eigenvalue weighted by Crippen LogP contribution is 2.36. The molecule has 0 spiro atoms. The Hall–Kier alpha value is -0.355. The second-order valence-electron chi connectivity index (χ2n) is 6.08. The van der Waals surface area contributed by atoms with E-state index in [1.54, 1.807) is 6.92 Å². The van der Waals surface area contributed by atoms with Gasteiger partial charge in [0.05, 0.1) is 17.3 Å². The maximum Gasteiger partial charge on any atom is 0.494 e. The zero-order valence-corrected chi connectivity index (χ0v) is 13.6. The molecule has 1 heterocycles. The van der Waals surface area contributed by atoms with Crippen molar-refractivity contribution >= 4 is 28.5 Å². The van der Waals surface area contributed by atoms with Crippen LogP contribution in [0, 0.1) is 0 Å². The first-order chi connectivity index (χ1) is 8.62. The minimum Gasteiger partial charge on any atom is -0.399 e. The van der Waals surface area contributed by atoms with Gasteiger partial charge in [0.15, 0.2) is 0 Å². The van der Waals surface area contributed by atoms with E-state index in [0.29, 0.717) is 0 Å². The van der Waals surface area contributed by atoms with E-state index in [2.05, 4.69) is 15.9 Å². The molecule has 1 aliphatic heterocycles. The summed E-state index contributed by atoms with van der Waals surface area (Å²) < 4.78 is 12.9. The Kier molecular flexibility index (Phi) is 3.86. The molecular weight excluding hydrogens is 307 g/mol. The Morgan fingerprint density at radius 1 is 1.11 bits per heavy atom. The molecule has 2 rings (SSSR count). The van der Waals surface area contributed by atoms with Crippen molar-refractivity contribution in [1.82, 2.24) is 0 Å². The molecule has 1 atom stereocenters. The Balaban J connectivity index is 2.34. The van der Waals surface area contributed by atoms with Crippen LogP contribution >= 0.6 is 15.9 Å². The first kappa shape index (κ1) is 15.0. The fourth-order valence-corrected chi connectivity index (χ4v) is 2.52. The predicted molar refractivity (Wildman–Crippen MR) is 80.5 cm³/mol. The number of halogens is 1. The van der Waals surface area contributed by atoms with Crippen LogP contribution in [0.3, 0.4) is 0 Å². The van der Waals surface area contributed by atoms with Gasteiger partial charge in [0.2, 0.25) is 0 Å². The zero-order chi connectivity index (χ0) is 14.4. The molecule has 1 saturated heterocycles. The third-order valence-electron chi connectivity index (χ3n) is 3.95. The molecule has 1 unspecified atom stereocenters. The van der Waals surface area contributed by atoms with Gasteiger partial charge in [-0.2, -0.15) is 0 Å². The van der Waals surface area contributed by atoms with E-state index < -0.39 is 13.2 Å². The monoisotopic (exact) mass is 326 g/mol. The lowest BCUT2D eigenvalue weighted by Crippen LogP contribution is -2.41. The summed E-state index contributed by atoms with van der Waals surface area (Å²) in [5, 5.41) is 9.72. The standard InChI is InChI=1S/C14H20BBrO3/c1-9(17)10-6-11(8-12(16)7-10)15-18-13(2,3)14(4,5)19-15/h6-9,17H,1-5H3. The highest BCUT2D eigenvalue weighted by Gasteiger charge is 2.51. The van der Waals surface area contributed by atoms with Gasteiger partial charge in [0.25, 0.3) is 0 Å². The maximum atomic E-state index is 9.72. The number of hydrogen-bond donors (Lipinski definition) is 1. The summed E-state index contributed by atoms with van der Waals surface area (Å²) in [6.45, 7) is 9.86. The summed E-state index contributed by atoms with van der Waals surface area (Å²) >= 11 is 3.46. The highest BCUT2D eigenvalue weighted by atomic mass is 79.9. The molecule has 104 valence electrons. The van der Waals surface area contributed by atoms with Gasteiger partial charge in [-0.1, -0.05) is 22.0 Å². The van der Waals surface area contributed by atoms with Crippen molar-refractivity contribution in [2.24, 2.45) is 0 Å². The van der Waals surface area contributed by atoms with Crippen LogP contribution in [0.4, 0.5) is 0 Å². The minimum atomic E-state index is -0.515. The van der Waals surface area contributed by atoms with E-state index in [4.69, 9.17) is 9.31 Å². The van der Waals surface area contributed by atoms with Crippen LogP contribution in [-0.4, -0.2) is 23.4 Å². The minimum absolute atomic E-state index is 0.356. The molecule has 5 heteroatoms. The van der Waals surface area contributed by atoms with E-state index in [9.17, 15) is 5.11 Å². The number of aliphatic hydroxyl groups excluding tert-OH is 1. The number of rotatable bonds is 2. The number of aliphatic hydroxyl groups is 1. The van der Waals surface area contributed by atoms with Crippen LogP contribution in [0.15, 0.2) is 22.7 Å². The molecule has 0 aliphatic carbocycles. The third kappa shape index (κ3) is 2.89. The van der Waals surface area contributed by atoms with Crippen LogP contribution < -0.4 is 5.46 Å². The van der Waals surface area contributed by atoms with Crippen molar-refractivity contribution in [1.29, 1.82) is 0 Å². The molecular formula is C14H20BBrO3. The molecule has 1 aromatic rings. The molecule has 0 saturated carbocycles. The largest absolute Gasteiger partial charge is 0.494 e. The summed E-state index contributed by atoms with van der Waals surface area (Å²) in [6, 6.07) is 5.80. The lowest BCUT2D eigenvalue weighted by Gasteiger charge is -2.32. The molecule has 19 heavy (non-hydrogen) atoms. The van der Waals surface area contributed by atoms with Gasteiger partial charge in [-0.3, -0.25) is 0 Å². The van der Waals surface area contributed by atoms with Crippen molar-refractivity contribution in [3.05, 3.63) is 28.2 Å². The smallest absolute Gasteiger partial charge is 0.399 e. The van der Waals surface area contributed by atoms with Gasteiger partial charge in [0, 0.05) is 4.47 Å². The summed E-state index contributed by atoms with van der Waals surface area (Å²) in [6.07, 6.45) is -0.515. The summed E-state index contributed by atoms with van der Waals surface area (Å²) in [5.74, 6) is 0. The van der Waals surface area contributed by atoms with E-state index in [0.717, 1.165) is 15.5 Å². The van der Waals surface area contributed by atoms with Gasteiger partial charge in [0.1, 0.15) is 0 Å². The Morgan fingerprint density at radius 3 is 2.11 bits per heavy atom. The van der Waals surface area contributed by atoms with E-state index in [1.807, 2.05) is 45.9 Å².